The van der Waals surface area contributed by atoms with Gasteiger partial charge in [-0.1, -0.05) is 0 Å². The zero-order valence-corrected chi connectivity index (χ0v) is 8.71. The first kappa shape index (κ1) is 10.5. The monoisotopic (exact) mass is 185 g/mol. The summed E-state index contributed by atoms with van der Waals surface area (Å²) in [5, 5.41) is 0. The summed E-state index contributed by atoms with van der Waals surface area (Å²) in [4.78, 5) is 15.4. The van der Waals surface area contributed by atoms with Crippen LogP contribution in [0.15, 0.2) is 0 Å². The molecule has 0 aliphatic heterocycles. The second-order valence-electron chi connectivity index (χ2n) is 4.19. The number of rotatable bonds is 4. The summed E-state index contributed by atoms with van der Waals surface area (Å²) < 4.78 is 0. The van der Waals surface area contributed by atoms with Crippen molar-refractivity contribution in [3.63, 3.8) is 0 Å². The Morgan fingerprint density at radius 2 is 1.85 bits per heavy atom. The minimum absolute atomic E-state index is 0.0920. The molecule has 0 aromatic heterocycles. The standard InChI is InChI=1S/C9H19N3O/c1-11(2)6-7-12(3)8(13)9(10)4-5-9/h4-7,10H2,1-3H3. The van der Waals surface area contributed by atoms with Gasteiger partial charge in [-0.25, -0.2) is 0 Å². The van der Waals surface area contributed by atoms with Crippen molar-refractivity contribution in [2.75, 3.05) is 34.2 Å². The first-order valence-electron chi connectivity index (χ1n) is 4.65. The lowest BCUT2D eigenvalue weighted by Crippen LogP contribution is -2.45. The van der Waals surface area contributed by atoms with Crippen LogP contribution in [0.1, 0.15) is 12.8 Å². The van der Waals surface area contributed by atoms with Crippen LogP contribution in [0.5, 0.6) is 0 Å². The van der Waals surface area contributed by atoms with Crippen LogP contribution >= 0.6 is 0 Å². The van der Waals surface area contributed by atoms with E-state index in [0.717, 1.165) is 25.9 Å². The number of carbonyl (C=O) groups is 1. The van der Waals surface area contributed by atoms with Crippen molar-refractivity contribution in [2.24, 2.45) is 5.73 Å². The number of nitrogens with zero attached hydrogens (tertiary/aromatic N) is 2. The molecular weight excluding hydrogens is 166 g/mol. The van der Waals surface area contributed by atoms with Gasteiger partial charge < -0.3 is 15.5 Å². The van der Waals surface area contributed by atoms with Gasteiger partial charge in [0.25, 0.3) is 0 Å². The van der Waals surface area contributed by atoms with Crippen molar-refractivity contribution >= 4 is 5.91 Å². The minimum atomic E-state index is -0.513. The molecule has 1 aliphatic rings. The molecule has 1 saturated carbocycles. The second-order valence-corrected chi connectivity index (χ2v) is 4.19. The Morgan fingerprint density at radius 3 is 2.23 bits per heavy atom. The van der Waals surface area contributed by atoms with E-state index in [1.54, 1.807) is 4.90 Å². The predicted octanol–water partition coefficient (Wildman–Crippen LogP) is -0.502. The molecule has 4 heteroatoms. The molecule has 13 heavy (non-hydrogen) atoms. The van der Waals surface area contributed by atoms with Gasteiger partial charge in [0.15, 0.2) is 0 Å². The molecule has 1 fully saturated rings. The van der Waals surface area contributed by atoms with Crippen LogP contribution in [0.3, 0.4) is 0 Å². The van der Waals surface area contributed by atoms with Crippen LogP contribution in [0.4, 0.5) is 0 Å². The molecule has 0 aromatic rings. The van der Waals surface area contributed by atoms with Gasteiger partial charge in [-0.2, -0.15) is 0 Å². The highest BCUT2D eigenvalue weighted by atomic mass is 16.2. The number of hydrogen-bond donors (Lipinski definition) is 1. The van der Waals surface area contributed by atoms with E-state index in [2.05, 4.69) is 4.90 Å². The fraction of sp³-hybridized carbons (Fsp3) is 0.889. The normalized spacial score (nSPS) is 18.8. The van der Waals surface area contributed by atoms with Gasteiger partial charge in [-0.15, -0.1) is 0 Å². The zero-order chi connectivity index (χ0) is 10.1. The van der Waals surface area contributed by atoms with Crippen molar-refractivity contribution in [2.45, 2.75) is 18.4 Å². The summed E-state index contributed by atoms with van der Waals surface area (Å²) in [6, 6.07) is 0. The van der Waals surface area contributed by atoms with Gasteiger partial charge in [-0.3, -0.25) is 4.79 Å². The average Bonchev–Trinajstić information content (AvgIpc) is 2.79. The molecule has 76 valence electrons. The van der Waals surface area contributed by atoms with Crippen LogP contribution in [0, 0.1) is 0 Å². The van der Waals surface area contributed by atoms with Gasteiger partial charge in [0.2, 0.25) is 5.91 Å². The topological polar surface area (TPSA) is 49.6 Å². The summed E-state index contributed by atoms with van der Waals surface area (Å²) in [5.41, 5.74) is 5.28. The maximum absolute atomic E-state index is 11.6. The zero-order valence-electron chi connectivity index (χ0n) is 8.71. The molecule has 0 saturated heterocycles. The Hall–Kier alpha value is -0.610. The second kappa shape index (κ2) is 3.64. The molecule has 0 unspecified atom stereocenters. The summed E-state index contributed by atoms with van der Waals surface area (Å²) >= 11 is 0. The van der Waals surface area contributed by atoms with E-state index in [0.29, 0.717) is 0 Å². The maximum Gasteiger partial charge on any atom is 0.242 e. The first-order valence-corrected chi connectivity index (χ1v) is 4.65. The molecule has 0 heterocycles. The van der Waals surface area contributed by atoms with Crippen LogP contribution in [-0.2, 0) is 4.79 Å². The third-order valence-electron chi connectivity index (χ3n) is 2.44. The lowest BCUT2D eigenvalue weighted by molar-refractivity contribution is -0.132. The average molecular weight is 185 g/mol. The van der Waals surface area contributed by atoms with Crippen LogP contribution in [-0.4, -0.2) is 55.5 Å². The Kier molecular flexibility index (Phi) is 2.93. The Balaban J connectivity index is 2.30. The SMILES string of the molecule is CN(C)CCN(C)C(=O)C1(N)CC1. The van der Waals surface area contributed by atoms with Gasteiger partial charge >= 0.3 is 0 Å². The van der Waals surface area contributed by atoms with E-state index < -0.39 is 5.54 Å². The van der Waals surface area contributed by atoms with Gasteiger partial charge in [-0.05, 0) is 26.9 Å². The lowest BCUT2D eigenvalue weighted by atomic mass is 10.2. The van der Waals surface area contributed by atoms with Crippen molar-refractivity contribution in [1.29, 1.82) is 0 Å². The van der Waals surface area contributed by atoms with E-state index in [-0.39, 0.29) is 5.91 Å². The highest BCUT2D eigenvalue weighted by molar-refractivity contribution is 5.88. The van der Waals surface area contributed by atoms with Gasteiger partial charge in [0.05, 0.1) is 5.54 Å². The van der Waals surface area contributed by atoms with Gasteiger partial charge in [0.1, 0.15) is 0 Å². The molecule has 0 radical (unpaired) electrons. The molecular formula is C9H19N3O. The van der Waals surface area contributed by atoms with E-state index in [4.69, 9.17) is 5.73 Å². The van der Waals surface area contributed by atoms with Crippen LogP contribution < -0.4 is 5.73 Å². The lowest BCUT2D eigenvalue weighted by Gasteiger charge is -2.22. The van der Waals surface area contributed by atoms with Gasteiger partial charge in [0, 0.05) is 20.1 Å². The summed E-state index contributed by atoms with van der Waals surface area (Å²) in [5.74, 6) is 0.0920. The molecule has 1 amide bonds. The molecule has 0 spiro atoms. The molecule has 0 atom stereocenters. The van der Waals surface area contributed by atoms with E-state index in [1.807, 2.05) is 21.1 Å². The summed E-state index contributed by atoms with van der Waals surface area (Å²) in [6.07, 6.45) is 1.69. The van der Waals surface area contributed by atoms with E-state index in [9.17, 15) is 4.79 Å². The van der Waals surface area contributed by atoms with Crippen molar-refractivity contribution in [3.8, 4) is 0 Å². The fourth-order valence-electron chi connectivity index (χ4n) is 1.18. The molecule has 1 rings (SSSR count). The number of nitrogens with two attached hydrogens (primary N) is 1. The highest BCUT2D eigenvalue weighted by Gasteiger charge is 2.47. The highest BCUT2D eigenvalue weighted by Crippen LogP contribution is 2.33. The Bertz CT molecular complexity index is 199. The molecule has 4 nitrogen and oxygen atoms in total. The van der Waals surface area contributed by atoms with E-state index in [1.165, 1.54) is 0 Å². The summed E-state index contributed by atoms with van der Waals surface area (Å²) in [6.45, 7) is 1.64. The van der Waals surface area contributed by atoms with Crippen LogP contribution in [0.25, 0.3) is 0 Å². The van der Waals surface area contributed by atoms with Crippen molar-refractivity contribution in [1.82, 2.24) is 9.80 Å². The first-order chi connectivity index (χ1) is 5.96. The molecule has 0 aromatic carbocycles. The largest absolute Gasteiger partial charge is 0.343 e. The third kappa shape index (κ3) is 2.67. The fourth-order valence-corrected chi connectivity index (χ4v) is 1.18. The quantitative estimate of drug-likeness (QED) is 0.642. The molecule has 2 N–H and O–H groups in total. The number of carbonyl (C=O) groups excluding carboxylic acids is 1. The number of likely N-dealkylation sites (N-methyl/N-ethyl adjacent to an activating group) is 2. The Labute approximate surface area is 79.7 Å². The van der Waals surface area contributed by atoms with Crippen molar-refractivity contribution in [3.05, 3.63) is 0 Å². The maximum atomic E-state index is 11.6. The Morgan fingerprint density at radius 1 is 1.31 bits per heavy atom. The van der Waals surface area contributed by atoms with Crippen molar-refractivity contribution < 1.29 is 4.79 Å². The smallest absolute Gasteiger partial charge is 0.242 e. The number of amides is 1. The van der Waals surface area contributed by atoms with Crippen LogP contribution in [0.2, 0.25) is 0 Å². The third-order valence-corrected chi connectivity index (χ3v) is 2.44. The predicted molar refractivity (Wildman–Crippen MR) is 52.3 cm³/mol. The number of hydrogen-bond acceptors (Lipinski definition) is 3. The minimum Gasteiger partial charge on any atom is -0.343 e. The molecule has 1 aliphatic carbocycles. The molecule has 0 bridgehead atoms. The van der Waals surface area contributed by atoms with E-state index >= 15 is 0 Å². The summed E-state index contributed by atoms with van der Waals surface area (Å²) in [7, 11) is 5.81.